The SMILES string of the molecule is CC(C)(CN)C1CCN(C(=O)C2Cc3ccccc3CO2)CC1.Cl. The standard InChI is InChI=1S/C19H28N2O2.ClH/c1-19(2,13-20)16-7-9-21(10-8-16)18(22)17-11-14-5-3-4-6-15(14)12-23-17;/h3-6,16-17H,7-13,20H2,1-2H3;1H. The molecule has 1 fully saturated rings. The smallest absolute Gasteiger partial charge is 0.252 e. The number of nitrogens with zero attached hydrogens (tertiary/aromatic N) is 1. The van der Waals surface area contributed by atoms with Gasteiger partial charge in [-0.3, -0.25) is 4.79 Å². The number of ether oxygens (including phenoxy) is 1. The van der Waals surface area contributed by atoms with Gasteiger partial charge in [-0.15, -0.1) is 12.4 Å². The Hall–Kier alpha value is -1.10. The maximum atomic E-state index is 12.8. The van der Waals surface area contributed by atoms with Crippen molar-refractivity contribution in [2.45, 2.75) is 45.8 Å². The molecule has 1 unspecified atom stereocenters. The van der Waals surface area contributed by atoms with E-state index in [1.54, 1.807) is 0 Å². The van der Waals surface area contributed by atoms with E-state index in [2.05, 4.69) is 26.0 Å². The number of carbonyl (C=O) groups is 1. The average molecular weight is 353 g/mol. The number of piperidine rings is 1. The fourth-order valence-corrected chi connectivity index (χ4v) is 3.76. The molecule has 1 amide bonds. The van der Waals surface area contributed by atoms with Crippen LogP contribution in [0.4, 0.5) is 0 Å². The number of amides is 1. The zero-order valence-electron chi connectivity index (χ0n) is 14.7. The Kier molecular flexibility index (Phi) is 6.29. The largest absolute Gasteiger partial charge is 0.363 e. The van der Waals surface area contributed by atoms with Crippen LogP contribution in [0.3, 0.4) is 0 Å². The Labute approximate surface area is 151 Å². The molecule has 4 nitrogen and oxygen atoms in total. The molecule has 0 aliphatic carbocycles. The number of nitrogens with two attached hydrogens (primary N) is 1. The number of carbonyl (C=O) groups excluding carboxylic acids is 1. The molecule has 0 radical (unpaired) electrons. The lowest BCUT2D eigenvalue weighted by Crippen LogP contribution is -2.48. The van der Waals surface area contributed by atoms with Crippen LogP contribution < -0.4 is 5.73 Å². The van der Waals surface area contributed by atoms with E-state index in [0.717, 1.165) is 25.9 Å². The normalized spacial score (nSPS) is 21.8. The highest BCUT2D eigenvalue weighted by Crippen LogP contribution is 2.34. The number of halogens is 1. The van der Waals surface area contributed by atoms with Crippen LogP contribution in [0.15, 0.2) is 24.3 Å². The van der Waals surface area contributed by atoms with Gasteiger partial charge in [-0.05, 0) is 41.8 Å². The molecule has 0 saturated carbocycles. The van der Waals surface area contributed by atoms with Gasteiger partial charge in [-0.2, -0.15) is 0 Å². The van der Waals surface area contributed by atoms with Gasteiger partial charge in [0.15, 0.2) is 0 Å². The van der Waals surface area contributed by atoms with Gasteiger partial charge in [0.1, 0.15) is 6.10 Å². The quantitative estimate of drug-likeness (QED) is 0.910. The molecule has 24 heavy (non-hydrogen) atoms. The molecule has 2 aliphatic rings. The summed E-state index contributed by atoms with van der Waals surface area (Å²) in [7, 11) is 0. The predicted molar refractivity (Wildman–Crippen MR) is 98.1 cm³/mol. The topological polar surface area (TPSA) is 55.6 Å². The van der Waals surface area contributed by atoms with Crippen LogP contribution in [0.5, 0.6) is 0 Å². The molecule has 1 aromatic rings. The molecule has 5 heteroatoms. The van der Waals surface area contributed by atoms with Crippen molar-refractivity contribution in [3.8, 4) is 0 Å². The number of rotatable bonds is 3. The molecular formula is C19H29ClN2O2. The number of benzene rings is 1. The summed E-state index contributed by atoms with van der Waals surface area (Å²) in [6, 6.07) is 8.24. The fraction of sp³-hybridized carbons (Fsp3) is 0.632. The first-order valence-electron chi connectivity index (χ1n) is 8.68. The summed E-state index contributed by atoms with van der Waals surface area (Å²) in [5.74, 6) is 0.757. The summed E-state index contributed by atoms with van der Waals surface area (Å²) in [4.78, 5) is 14.8. The van der Waals surface area contributed by atoms with Gasteiger partial charge in [0.2, 0.25) is 0 Å². The average Bonchev–Trinajstić information content (AvgIpc) is 2.60. The first-order chi connectivity index (χ1) is 11.0. The number of fused-ring (bicyclic) bond motifs is 1. The maximum absolute atomic E-state index is 12.8. The Morgan fingerprint density at radius 2 is 1.88 bits per heavy atom. The zero-order valence-corrected chi connectivity index (χ0v) is 15.5. The Morgan fingerprint density at radius 1 is 1.25 bits per heavy atom. The molecule has 1 atom stereocenters. The summed E-state index contributed by atoms with van der Waals surface area (Å²) in [6.07, 6.45) is 2.46. The van der Waals surface area contributed by atoms with Crippen LogP contribution in [0.1, 0.15) is 37.8 Å². The third-order valence-corrected chi connectivity index (χ3v) is 5.68. The van der Waals surface area contributed by atoms with Crippen molar-refractivity contribution in [2.75, 3.05) is 19.6 Å². The van der Waals surface area contributed by atoms with Gasteiger partial charge in [0, 0.05) is 19.5 Å². The van der Waals surface area contributed by atoms with E-state index < -0.39 is 0 Å². The van der Waals surface area contributed by atoms with Crippen molar-refractivity contribution >= 4 is 18.3 Å². The summed E-state index contributed by atoms with van der Waals surface area (Å²) in [6.45, 7) is 7.37. The predicted octanol–water partition coefficient (Wildman–Crippen LogP) is 2.77. The van der Waals surface area contributed by atoms with Crippen molar-refractivity contribution in [1.29, 1.82) is 0 Å². The third kappa shape index (κ3) is 3.93. The van der Waals surface area contributed by atoms with Crippen molar-refractivity contribution in [3.63, 3.8) is 0 Å². The number of hydrogen-bond acceptors (Lipinski definition) is 3. The first-order valence-corrected chi connectivity index (χ1v) is 8.68. The minimum atomic E-state index is -0.316. The molecule has 1 aromatic carbocycles. The van der Waals surface area contributed by atoms with E-state index in [9.17, 15) is 4.79 Å². The first kappa shape index (κ1) is 19.2. The van der Waals surface area contributed by atoms with E-state index in [-0.39, 0.29) is 29.8 Å². The second kappa shape index (κ2) is 7.85. The minimum Gasteiger partial charge on any atom is -0.363 e. The van der Waals surface area contributed by atoms with E-state index in [4.69, 9.17) is 10.5 Å². The lowest BCUT2D eigenvalue weighted by atomic mass is 9.73. The Bertz CT molecular complexity index is 568. The van der Waals surface area contributed by atoms with E-state index >= 15 is 0 Å². The molecule has 3 rings (SSSR count). The van der Waals surface area contributed by atoms with Crippen molar-refractivity contribution < 1.29 is 9.53 Å². The maximum Gasteiger partial charge on any atom is 0.252 e. The van der Waals surface area contributed by atoms with Gasteiger partial charge in [0.25, 0.3) is 5.91 Å². The van der Waals surface area contributed by atoms with E-state index in [1.165, 1.54) is 11.1 Å². The highest BCUT2D eigenvalue weighted by molar-refractivity contribution is 5.85. The van der Waals surface area contributed by atoms with Crippen LogP contribution in [-0.2, 0) is 22.6 Å². The lowest BCUT2D eigenvalue weighted by molar-refractivity contribution is -0.147. The molecule has 1 saturated heterocycles. The molecule has 2 aliphatic heterocycles. The van der Waals surface area contributed by atoms with Gasteiger partial charge < -0.3 is 15.4 Å². The van der Waals surface area contributed by atoms with Crippen LogP contribution in [0.2, 0.25) is 0 Å². The van der Waals surface area contributed by atoms with Gasteiger partial charge >= 0.3 is 0 Å². The highest BCUT2D eigenvalue weighted by Gasteiger charge is 2.35. The van der Waals surface area contributed by atoms with Crippen molar-refractivity contribution in [1.82, 2.24) is 4.90 Å². The molecule has 2 heterocycles. The molecule has 134 valence electrons. The van der Waals surface area contributed by atoms with Crippen LogP contribution in [0, 0.1) is 11.3 Å². The summed E-state index contributed by atoms with van der Waals surface area (Å²) < 4.78 is 5.82. The van der Waals surface area contributed by atoms with Crippen molar-refractivity contribution in [3.05, 3.63) is 35.4 Å². The third-order valence-electron chi connectivity index (χ3n) is 5.68. The molecule has 0 aromatic heterocycles. The molecule has 0 spiro atoms. The van der Waals surface area contributed by atoms with E-state index in [0.29, 0.717) is 25.5 Å². The monoisotopic (exact) mass is 352 g/mol. The Balaban J connectivity index is 0.00000208. The van der Waals surface area contributed by atoms with E-state index in [1.807, 2.05) is 17.0 Å². The van der Waals surface area contributed by atoms with Gasteiger partial charge in [-0.1, -0.05) is 38.1 Å². The van der Waals surface area contributed by atoms with Crippen molar-refractivity contribution in [2.24, 2.45) is 17.1 Å². The summed E-state index contributed by atoms with van der Waals surface area (Å²) >= 11 is 0. The van der Waals surface area contributed by atoms with Crippen LogP contribution >= 0.6 is 12.4 Å². The summed E-state index contributed by atoms with van der Waals surface area (Å²) in [5, 5.41) is 0. The minimum absolute atomic E-state index is 0. The zero-order chi connectivity index (χ0) is 16.4. The highest BCUT2D eigenvalue weighted by atomic mass is 35.5. The fourth-order valence-electron chi connectivity index (χ4n) is 3.76. The molecule has 0 bridgehead atoms. The summed E-state index contributed by atoms with van der Waals surface area (Å²) in [5.41, 5.74) is 8.51. The second-order valence-corrected chi connectivity index (χ2v) is 7.56. The van der Waals surface area contributed by atoms with Crippen LogP contribution in [-0.4, -0.2) is 36.5 Å². The molecular weight excluding hydrogens is 324 g/mol. The van der Waals surface area contributed by atoms with Crippen LogP contribution in [0.25, 0.3) is 0 Å². The number of hydrogen-bond donors (Lipinski definition) is 1. The number of likely N-dealkylation sites (tertiary alicyclic amines) is 1. The second-order valence-electron chi connectivity index (χ2n) is 7.56. The van der Waals surface area contributed by atoms with Gasteiger partial charge in [0.05, 0.1) is 6.61 Å². The Morgan fingerprint density at radius 3 is 2.50 bits per heavy atom. The van der Waals surface area contributed by atoms with Gasteiger partial charge in [-0.25, -0.2) is 0 Å². The lowest BCUT2D eigenvalue weighted by Gasteiger charge is -2.41. The molecule has 2 N–H and O–H groups in total.